The third kappa shape index (κ3) is 11.2. The summed E-state index contributed by atoms with van der Waals surface area (Å²) in [6.45, 7) is 2.24. The Morgan fingerprint density at radius 1 is 0.957 bits per heavy atom. The maximum absolute atomic E-state index is 10.2. The molecule has 0 aromatic heterocycles. The van der Waals surface area contributed by atoms with E-state index in [1.807, 2.05) is 30.4 Å². The van der Waals surface area contributed by atoms with Crippen LogP contribution in [0.25, 0.3) is 0 Å². The first kappa shape index (κ1) is 19.0. The number of unbranched alkanes of at least 4 members (excludes halogenated alkanes) is 5. The molecule has 3 heteroatoms. The Labute approximate surface area is 139 Å². The van der Waals surface area contributed by atoms with Crippen LogP contribution < -0.4 is 0 Å². The number of hydrogen-bond acceptors (Lipinski definition) is 2. The van der Waals surface area contributed by atoms with Gasteiger partial charge < -0.3 is 9.84 Å². The maximum atomic E-state index is 10.2. The van der Waals surface area contributed by atoms with Gasteiger partial charge in [-0.25, -0.2) is 4.79 Å². The molecule has 0 aromatic carbocycles. The van der Waals surface area contributed by atoms with Crippen LogP contribution in [0.15, 0.2) is 60.4 Å². The second-order valence-corrected chi connectivity index (χ2v) is 5.58. The molecule has 1 atom stereocenters. The van der Waals surface area contributed by atoms with Crippen LogP contribution in [0, 0.1) is 0 Å². The molecule has 1 saturated heterocycles. The molecule has 0 amide bonds. The van der Waals surface area contributed by atoms with Gasteiger partial charge in [-0.15, -0.1) is 0 Å². The van der Waals surface area contributed by atoms with Crippen molar-refractivity contribution in [2.45, 2.75) is 58.0 Å². The summed E-state index contributed by atoms with van der Waals surface area (Å²) in [5.74, 6) is 0.147. The summed E-state index contributed by atoms with van der Waals surface area (Å²) in [7, 11) is 0. The molecular weight excluding hydrogens is 288 g/mol. The number of carboxylic acid groups (broad SMARTS) is 1. The summed E-state index contributed by atoms with van der Waals surface area (Å²) < 4.78 is 5.53. The number of epoxide rings is 1. The number of rotatable bonds is 12. The van der Waals surface area contributed by atoms with Crippen LogP contribution in [0.4, 0.5) is 0 Å². The lowest BCUT2D eigenvalue weighted by atomic mass is 10.1. The SMILES string of the molecule is CCCCCCCCC1O\C1=C/C=C/C=C/C=C/C=C/C(=O)O. The van der Waals surface area contributed by atoms with E-state index in [-0.39, 0.29) is 0 Å². The van der Waals surface area contributed by atoms with Crippen molar-refractivity contribution in [3.63, 3.8) is 0 Å². The number of carbonyl (C=O) groups is 1. The van der Waals surface area contributed by atoms with Gasteiger partial charge in [-0.2, -0.15) is 0 Å². The minimum absolute atomic E-state index is 0.343. The molecule has 0 saturated carbocycles. The van der Waals surface area contributed by atoms with Crippen molar-refractivity contribution in [1.82, 2.24) is 0 Å². The standard InChI is InChI=1S/C20H28O3/c1-2-3-4-5-9-12-15-18-19(23-18)16-13-10-7-6-8-11-14-17-20(21)22/h6-8,10-11,13-14,16-18H,2-5,9,12,15H2,1H3,(H,21,22)/b7-6+,11-8+,13-10+,17-14+,19-16-. The highest BCUT2D eigenvalue weighted by molar-refractivity contribution is 5.80. The zero-order chi connectivity index (χ0) is 16.8. The summed E-state index contributed by atoms with van der Waals surface area (Å²) in [6.07, 6.45) is 25.1. The van der Waals surface area contributed by atoms with Crippen LogP contribution in [-0.2, 0) is 9.53 Å². The largest absolute Gasteiger partial charge is 0.483 e. The third-order valence-corrected chi connectivity index (χ3v) is 3.52. The molecule has 1 aliphatic rings. The highest BCUT2D eigenvalue weighted by Crippen LogP contribution is 2.31. The van der Waals surface area contributed by atoms with Crippen molar-refractivity contribution >= 4 is 5.97 Å². The van der Waals surface area contributed by atoms with E-state index >= 15 is 0 Å². The normalized spacial score (nSPS) is 19.5. The minimum atomic E-state index is -0.940. The van der Waals surface area contributed by atoms with Crippen LogP contribution in [0.5, 0.6) is 0 Å². The molecule has 1 heterocycles. The second kappa shape index (κ2) is 12.5. The Hall–Kier alpha value is -2.03. The van der Waals surface area contributed by atoms with Crippen molar-refractivity contribution in [2.75, 3.05) is 0 Å². The number of carboxylic acids is 1. The average molecular weight is 316 g/mol. The zero-order valence-electron chi connectivity index (χ0n) is 14.0. The molecular formula is C20H28O3. The van der Waals surface area contributed by atoms with Gasteiger partial charge in [-0.1, -0.05) is 81.6 Å². The van der Waals surface area contributed by atoms with E-state index in [4.69, 9.17) is 9.84 Å². The molecule has 1 aliphatic heterocycles. The van der Waals surface area contributed by atoms with Crippen LogP contribution in [0.3, 0.4) is 0 Å². The monoisotopic (exact) mass is 316 g/mol. The van der Waals surface area contributed by atoms with E-state index in [2.05, 4.69) is 6.92 Å². The first-order valence-electron chi connectivity index (χ1n) is 8.52. The summed E-state index contributed by atoms with van der Waals surface area (Å²) in [5.41, 5.74) is 0. The van der Waals surface area contributed by atoms with Gasteiger partial charge in [0.2, 0.25) is 0 Å². The van der Waals surface area contributed by atoms with Gasteiger partial charge in [0, 0.05) is 6.08 Å². The Bertz CT molecular complexity index is 481. The average Bonchev–Trinajstić information content (AvgIpc) is 3.27. The molecule has 1 rings (SSSR count). The summed E-state index contributed by atoms with van der Waals surface area (Å²) in [4.78, 5) is 10.2. The van der Waals surface area contributed by atoms with E-state index in [0.717, 1.165) is 18.3 Å². The minimum Gasteiger partial charge on any atom is -0.483 e. The van der Waals surface area contributed by atoms with Crippen LogP contribution in [0.2, 0.25) is 0 Å². The van der Waals surface area contributed by atoms with E-state index < -0.39 is 5.97 Å². The molecule has 0 spiro atoms. The fourth-order valence-electron chi connectivity index (χ4n) is 2.20. The van der Waals surface area contributed by atoms with Gasteiger partial charge >= 0.3 is 5.97 Å². The van der Waals surface area contributed by atoms with Gasteiger partial charge in [0.15, 0.2) is 6.10 Å². The Balaban J connectivity index is 2.06. The van der Waals surface area contributed by atoms with Crippen molar-refractivity contribution in [2.24, 2.45) is 0 Å². The van der Waals surface area contributed by atoms with Gasteiger partial charge in [-0.3, -0.25) is 0 Å². The van der Waals surface area contributed by atoms with Crippen LogP contribution in [0.1, 0.15) is 51.9 Å². The fraction of sp³-hybridized carbons (Fsp3) is 0.450. The molecule has 1 unspecified atom stereocenters. The van der Waals surface area contributed by atoms with E-state index in [1.165, 1.54) is 44.6 Å². The molecule has 23 heavy (non-hydrogen) atoms. The zero-order valence-corrected chi connectivity index (χ0v) is 14.0. The van der Waals surface area contributed by atoms with Crippen LogP contribution >= 0.6 is 0 Å². The molecule has 0 bridgehead atoms. The van der Waals surface area contributed by atoms with Crippen molar-refractivity contribution < 1.29 is 14.6 Å². The molecule has 1 N–H and O–H groups in total. The summed E-state index contributed by atoms with van der Waals surface area (Å²) in [5, 5.41) is 8.40. The Morgan fingerprint density at radius 2 is 1.57 bits per heavy atom. The lowest BCUT2D eigenvalue weighted by Crippen LogP contribution is -1.85. The predicted molar refractivity (Wildman–Crippen MR) is 95.1 cm³/mol. The molecule has 0 radical (unpaired) electrons. The first-order chi connectivity index (χ1) is 11.2. The maximum Gasteiger partial charge on any atom is 0.328 e. The Kier molecular flexibility index (Phi) is 10.3. The lowest BCUT2D eigenvalue weighted by Gasteiger charge is -1.97. The summed E-state index contributed by atoms with van der Waals surface area (Å²) >= 11 is 0. The van der Waals surface area contributed by atoms with E-state index in [1.54, 1.807) is 12.2 Å². The molecule has 126 valence electrons. The molecule has 0 aliphatic carbocycles. The highest BCUT2D eigenvalue weighted by atomic mass is 16.6. The van der Waals surface area contributed by atoms with E-state index in [9.17, 15) is 4.79 Å². The third-order valence-electron chi connectivity index (χ3n) is 3.52. The first-order valence-corrected chi connectivity index (χ1v) is 8.52. The lowest BCUT2D eigenvalue weighted by molar-refractivity contribution is -0.131. The number of allylic oxidation sites excluding steroid dienone is 8. The van der Waals surface area contributed by atoms with Gasteiger partial charge in [0.1, 0.15) is 5.76 Å². The number of hydrogen-bond donors (Lipinski definition) is 1. The highest BCUT2D eigenvalue weighted by Gasteiger charge is 2.30. The van der Waals surface area contributed by atoms with Crippen molar-refractivity contribution in [3.05, 3.63) is 60.4 Å². The van der Waals surface area contributed by atoms with Gasteiger partial charge in [0.05, 0.1) is 0 Å². The second-order valence-electron chi connectivity index (χ2n) is 5.58. The molecule has 3 nitrogen and oxygen atoms in total. The number of aliphatic carboxylic acids is 1. The summed E-state index contributed by atoms with van der Waals surface area (Å²) in [6, 6.07) is 0. The quantitative estimate of drug-likeness (QED) is 0.229. The van der Waals surface area contributed by atoms with Crippen molar-refractivity contribution in [3.8, 4) is 0 Å². The van der Waals surface area contributed by atoms with Crippen LogP contribution in [-0.4, -0.2) is 17.2 Å². The Morgan fingerprint density at radius 3 is 2.26 bits per heavy atom. The van der Waals surface area contributed by atoms with Gasteiger partial charge in [0.25, 0.3) is 0 Å². The smallest absolute Gasteiger partial charge is 0.328 e. The number of ether oxygens (including phenoxy) is 1. The van der Waals surface area contributed by atoms with Crippen molar-refractivity contribution in [1.29, 1.82) is 0 Å². The fourth-order valence-corrected chi connectivity index (χ4v) is 2.20. The predicted octanol–water partition coefficient (Wildman–Crippen LogP) is 5.33. The molecule has 0 aromatic rings. The topological polar surface area (TPSA) is 49.8 Å². The molecule has 1 fully saturated rings. The van der Waals surface area contributed by atoms with E-state index in [0.29, 0.717) is 6.10 Å². The van der Waals surface area contributed by atoms with Gasteiger partial charge in [-0.05, 0) is 18.9 Å².